The standard InChI is InChI=1S/C8H12F3N5/c1-5-4-16(3-2-12-5)7-13-6(14-15-7)8(9,10)11/h5,12H,2-4H2,1H3,(H,13,14,15)/t5-/m0/s1. The lowest BCUT2D eigenvalue weighted by Crippen LogP contribution is -2.49. The molecule has 2 heterocycles. The van der Waals surface area contributed by atoms with Crippen molar-refractivity contribution in [3.05, 3.63) is 5.82 Å². The van der Waals surface area contributed by atoms with Crippen molar-refractivity contribution >= 4 is 5.95 Å². The summed E-state index contributed by atoms with van der Waals surface area (Å²) in [5.41, 5.74) is 0. The van der Waals surface area contributed by atoms with Gasteiger partial charge in [-0.2, -0.15) is 18.2 Å². The Labute approximate surface area is 90.0 Å². The predicted molar refractivity (Wildman–Crippen MR) is 51.1 cm³/mol. The van der Waals surface area contributed by atoms with Gasteiger partial charge in [0, 0.05) is 25.7 Å². The Balaban J connectivity index is 2.12. The Bertz CT molecular complexity index is 361. The molecule has 1 aromatic heterocycles. The number of rotatable bonds is 1. The van der Waals surface area contributed by atoms with Crippen molar-refractivity contribution in [2.45, 2.75) is 19.1 Å². The average Bonchev–Trinajstić information content (AvgIpc) is 2.65. The van der Waals surface area contributed by atoms with Gasteiger partial charge in [-0.15, -0.1) is 5.10 Å². The maximum atomic E-state index is 12.3. The number of aromatic amines is 1. The number of nitrogens with one attached hydrogen (secondary N) is 2. The molecule has 0 radical (unpaired) electrons. The fourth-order valence-corrected chi connectivity index (χ4v) is 1.64. The van der Waals surface area contributed by atoms with E-state index in [0.29, 0.717) is 13.1 Å². The van der Waals surface area contributed by atoms with Crippen molar-refractivity contribution in [3.63, 3.8) is 0 Å². The van der Waals surface area contributed by atoms with Gasteiger partial charge in [-0.05, 0) is 6.92 Å². The Morgan fingerprint density at radius 2 is 2.19 bits per heavy atom. The highest BCUT2D eigenvalue weighted by atomic mass is 19.4. The molecule has 0 amide bonds. The number of piperazine rings is 1. The van der Waals surface area contributed by atoms with Crippen LogP contribution in [-0.4, -0.2) is 40.9 Å². The lowest BCUT2D eigenvalue weighted by atomic mass is 10.2. The monoisotopic (exact) mass is 235 g/mol. The third-order valence-corrected chi connectivity index (χ3v) is 2.39. The highest BCUT2D eigenvalue weighted by molar-refractivity contribution is 5.30. The van der Waals surface area contributed by atoms with E-state index < -0.39 is 12.0 Å². The fraction of sp³-hybridized carbons (Fsp3) is 0.750. The van der Waals surface area contributed by atoms with E-state index in [1.54, 1.807) is 4.90 Å². The summed E-state index contributed by atoms with van der Waals surface area (Å²) in [6.45, 7) is 3.90. The minimum atomic E-state index is -4.47. The number of anilines is 1. The Morgan fingerprint density at radius 1 is 1.44 bits per heavy atom. The molecule has 0 saturated carbocycles. The van der Waals surface area contributed by atoms with E-state index in [1.165, 1.54) is 0 Å². The van der Waals surface area contributed by atoms with Gasteiger partial charge in [0.15, 0.2) is 0 Å². The number of alkyl halides is 3. The second kappa shape index (κ2) is 3.93. The molecule has 5 nitrogen and oxygen atoms in total. The second-order valence-corrected chi connectivity index (χ2v) is 3.78. The summed E-state index contributed by atoms with van der Waals surface area (Å²) in [7, 11) is 0. The molecule has 16 heavy (non-hydrogen) atoms. The molecule has 90 valence electrons. The van der Waals surface area contributed by atoms with Crippen molar-refractivity contribution < 1.29 is 13.2 Å². The Hall–Kier alpha value is -1.31. The van der Waals surface area contributed by atoms with E-state index >= 15 is 0 Å². The van der Waals surface area contributed by atoms with Crippen molar-refractivity contribution in [2.24, 2.45) is 0 Å². The number of hydrogen-bond donors (Lipinski definition) is 2. The largest absolute Gasteiger partial charge is 0.451 e. The number of nitrogens with zero attached hydrogens (tertiary/aromatic N) is 3. The summed E-state index contributed by atoms with van der Waals surface area (Å²) < 4.78 is 36.8. The van der Waals surface area contributed by atoms with Gasteiger partial charge in [-0.25, -0.2) is 0 Å². The summed E-state index contributed by atoms with van der Waals surface area (Å²) in [4.78, 5) is 5.18. The normalized spacial score (nSPS) is 22.5. The van der Waals surface area contributed by atoms with Crippen LogP contribution in [0, 0.1) is 0 Å². The minimum absolute atomic E-state index is 0.112. The van der Waals surface area contributed by atoms with E-state index in [1.807, 2.05) is 12.0 Å². The van der Waals surface area contributed by atoms with Crippen LogP contribution in [0.3, 0.4) is 0 Å². The molecule has 1 fully saturated rings. The number of aromatic nitrogens is 3. The second-order valence-electron chi connectivity index (χ2n) is 3.78. The zero-order chi connectivity index (χ0) is 11.8. The lowest BCUT2D eigenvalue weighted by Gasteiger charge is -2.30. The molecule has 1 aromatic rings. The Morgan fingerprint density at radius 3 is 2.75 bits per heavy atom. The molecule has 0 bridgehead atoms. The minimum Gasteiger partial charge on any atom is -0.337 e. The maximum absolute atomic E-state index is 12.3. The zero-order valence-corrected chi connectivity index (χ0v) is 8.67. The molecule has 2 rings (SSSR count). The highest BCUT2D eigenvalue weighted by Crippen LogP contribution is 2.27. The van der Waals surface area contributed by atoms with Crippen LogP contribution in [0.25, 0.3) is 0 Å². The third kappa shape index (κ3) is 2.26. The molecule has 0 aliphatic carbocycles. The number of halogens is 3. The van der Waals surface area contributed by atoms with Crippen LogP contribution in [0.1, 0.15) is 12.7 Å². The number of H-pyrrole nitrogens is 1. The van der Waals surface area contributed by atoms with Crippen LogP contribution in [0.15, 0.2) is 0 Å². The van der Waals surface area contributed by atoms with Gasteiger partial charge in [0.2, 0.25) is 11.8 Å². The van der Waals surface area contributed by atoms with Crippen LogP contribution in [0.4, 0.5) is 19.1 Å². The molecule has 0 spiro atoms. The van der Waals surface area contributed by atoms with E-state index in [-0.39, 0.29) is 12.0 Å². The predicted octanol–water partition coefficient (Wildman–Crippen LogP) is 0.622. The molecule has 0 unspecified atom stereocenters. The molecule has 0 aromatic carbocycles. The molecule has 1 aliphatic rings. The summed E-state index contributed by atoms with van der Waals surface area (Å²) in [6.07, 6.45) is -4.47. The maximum Gasteiger partial charge on any atom is 0.451 e. The Kier molecular flexibility index (Phi) is 2.75. The average molecular weight is 235 g/mol. The van der Waals surface area contributed by atoms with Crippen molar-refractivity contribution in [2.75, 3.05) is 24.5 Å². The SMILES string of the molecule is C[C@H]1CN(c2n[nH]c(C(F)(F)F)n2)CCN1. The van der Waals surface area contributed by atoms with Gasteiger partial charge in [-0.3, -0.25) is 5.10 Å². The first-order valence-corrected chi connectivity index (χ1v) is 4.95. The van der Waals surface area contributed by atoms with Gasteiger partial charge in [0.25, 0.3) is 0 Å². The van der Waals surface area contributed by atoms with Gasteiger partial charge in [0.05, 0.1) is 0 Å². The van der Waals surface area contributed by atoms with Crippen molar-refractivity contribution in [3.8, 4) is 0 Å². The molecule has 2 N–H and O–H groups in total. The van der Waals surface area contributed by atoms with Crippen LogP contribution < -0.4 is 10.2 Å². The van der Waals surface area contributed by atoms with Gasteiger partial charge >= 0.3 is 6.18 Å². The lowest BCUT2D eigenvalue weighted by molar-refractivity contribution is -0.144. The first-order chi connectivity index (χ1) is 7.47. The van der Waals surface area contributed by atoms with E-state index in [2.05, 4.69) is 15.4 Å². The van der Waals surface area contributed by atoms with Crippen molar-refractivity contribution in [1.82, 2.24) is 20.5 Å². The van der Waals surface area contributed by atoms with Crippen LogP contribution in [-0.2, 0) is 6.18 Å². The first kappa shape index (κ1) is 11.2. The van der Waals surface area contributed by atoms with Gasteiger partial charge < -0.3 is 10.2 Å². The van der Waals surface area contributed by atoms with Crippen LogP contribution in [0.5, 0.6) is 0 Å². The summed E-state index contributed by atoms with van der Waals surface area (Å²) in [5.74, 6) is -0.936. The summed E-state index contributed by atoms with van der Waals surface area (Å²) >= 11 is 0. The third-order valence-electron chi connectivity index (χ3n) is 2.39. The van der Waals surface area contributed by atoms with E-state index in [4.69, 9.17) is 0 Å². The van der Waals surface area contributed by atoms with E-state index in [0.717, 1.165) is 6.54 Å². The molecule has 1 aliphatic heterocycles. The molecule has 1 saturated heterocycles. The quantitative estimate of drug-likeness (QED) is 0.749. The van der Waals surface area contributed by atoms with Crippen LogP contribution in [0.2, 0.25) is 0 Å². The molecular formula is C8H12F3N5. The number of hydrogen-bond acceptors (Lipinski definition) is 4. The van der Waals surface area contributed by atoms with Crippen molar-refractivity contribution in [1.29, 1.82) is 0 Å². The fourth-order valence-electron chi connectivity index (χ4n) is 1.64. The first-order valence-electron chi connectivity index (χ1n) is 4.95. The topological polar surface area (TPSA) is 56.8 Å². The highest BCUT2D eigenvalue weighted by Gasteiger charge is 2.36. The van der Waals surface area contributed by atoms with Gasteiger partial charge in [0.1, 0.15) is 0 Å². The van der Waals surface area contributed by atoms with E-state index in [9.17, 15) is 13.2 Å². The molecule has 1 atom stereocenters. The molecular weight excluding hydrogens is 223 g/mol. The smallest absolute Gasteiger partial charge is 0.337 e. The summed E-state index contributed by atoms with van der Waals surface area (Å²) in [6, 6.07) is 0.224. The summed E-state index contributed by atoms with van der Waals surface area (Å²) in [5, 5.41) is 8.68. The van der Waals surface area contributed by atoms with Crippen LogP contribution >= 0.6 is 0 Å². The zero-order valence-electron chi connectivity index (χ0n) is 8.67. The van der Waals surface area contributed by atoms with Gasteiger partial charge in [-0.1, -0.05) is 0 Å². The molecule has 8 heteroatoms.